The molecule has 110 valence electrons. The van der Waals surface area contributed by atoms with E-state index in [1.54, 1.807) is 11.8 Å². The molecule has 1 saturated carbocycles. The molecule has 1 aliphatic rings. The van der Waals surface area contributed by atoms with Crippen LogP contribution in [0.2, 0.25) is 0 Å². The topological polar surface area (TPSA) is 24.9 Å². The van der Waals surface area contributed by atoms with Crippen LogP contribution < -0.4 is 5.32 Å². The van der Waals surface area contributed by atoms with Gasteiger partial charge in [-0.05, 0) is 61.9 Å². The van der Waals surface area contributed by atoms with Crippen LogP contribution in [0.4, 0.5) is 0 Å². The van der Waals surface area contributed by atoms with Gasteiger partial charge in [-0.15, -0.1) is 0 Å². The van der Waals surface area contributed by atoms with Gasteiger partial charge in [0.15, 0.2) is 0 Å². The zero-order valence-corrected chi connectivity index (χ0v) is 13.8. The summed E-state index contributed by atoms with van der Waals surface area (Å²) in [5.41, 5.74) is 5.15. The molecule has 0 spiro atoms. The van der Waals surface area contributed by atoms with Gasteiger partial charge in [-0.1, -0.05) is 30.0 Å². The molecule has 3 rings (SSSR count). The summed E-state index contributed by atoms with van der Waals surface area (Å²) in [6, 6.07) is 9.58. The van der Waals surface area contributed by atoms with E-state index in [4.69, 9.17) is 0 Å². The zero-order chi connectivity index (χ0) is 14.8. The van der Waals surface area contributed by atoms with Crippen molar-refractivity contribution in [3.05, 3.63) is 52.7 Å². The molecular weight excluding hydrogens is 276 g/mol. The second-order valence-electron chi connectivity index (χ2n) is 5.99. The van der Waals surface area contributed by atoms with E-state index in [1.165, 1.54) is 40.0 Å². The van der Waals surface area contributed by atoms with Gasteiger partial charge in [0.25, 0.3) is 0 Å². The van der Waals surface area contributed by atoms with Crippen LogP contribution in [-0.2, 0) is 6.54 Å². The fraction of sp³-hybridized carbons (Fsp3) is 0.389. The van der Waals surface area contributed by atoms with E-state index in [2.05, 4.69) is 55.3 Å². The molecule has 1 fully saturated rings. The van der Waals surface area contributed by atoms with Crippen molar-refractivity contribution in [1.82, 2.24) is 10.3 Å². The van der Waals surface area contributed by atoms with Crippen LogP contribution in [0.25, 0.3) is 0 Å². The average Bonchev–Trinajstić information content (AvgIpc) is 3.27. The number of nitrogens with one attached hydrogen (secondary N) is 1. The van der Waals surface area contributed by atoms with Gasteiger partial charge < -0.3 is 5.32 Å². The first-order valence-electron chi connectivity index (χ1n) is 7.56. The summed E-state index contributed by atoms with van der Waals surface area (Å²) in [4.78, 5) is 5.97. The smallest absolute Gasteiger partial charge is 0.104 e. The Bertz CT molecular complexity index is 648. The minimum absolute atomic E-state index is 0.745. The summed E-state index contributed by atoms with van der Waals surface area (Å²) < 4.78 is 0. The number of nitrogens with zero attached hydrogens (tertiary/aromatic N) is 1. The van der Waals surface area contributed by atoms with Gasteiger partial charge in [-0.3, -0.25) is 0 Å². The molecule has 2 aromatic rings. The number of hydrogen-bond acceptors (Lipinski definition) is 3. The average molecular weight is 298 g/mol. The lowest BCUT2D eigenvalue weighted by Crippen LogP contribution is -2.15. The Kier molecular flexibility index (Phi) is 4.32. The van der Waals surface area contributed by atoms with Gasteiger partial charge in [0.2, 0.25) is 0 Å². The van der Waals surface area contributed by atoms with E-state index in [0.717, 1.165) is 17.6 Å². The van der Waals surface area contributed by atoms with Gasteiger partial charge >= 0.3 is 0 Å². The molecule has 0 radical (unpaired) electrons. The number of benzene rings is 1. The number of aromatic nitrogens is 1. The zero-order valence-electron chi connectivity index (χ0n) is 12.9. The standard InChI is InChI=1S/C18H22N2S/c1-12-4-5-13(2)17(8-12)21-18-14(3)9-15(11-20-18)10-19-16-6-7-16/h4-5,8-9,11,16,19H,6-7,10H2,1-3H3. The van der Waals surface area contributed by atoms with E-state index >= 15 is 0 Å². The molecule has 0 atom stereocenters. The maximum atomic E-state index is 4.67. The molecule has 21 heavy (non-hydrogen) atoms. The maximum Gasteiger partial charge on any atom is 0.104 e. The van der Waals surface area contributed by atoms with Crippen molar-refractivity contribution in [2.24, 2.45) is 0 Å². The third-order valence-electron chi connectivity index (χ3n) is 3.81. The molecule has 0 saturated heterocycles. The Morgan fingerprint density at radius 2 is 1.95 bits per heavy atom. The van der Waals surface area contributed by atoms with Crippen LogP contribution in [0.3, 0.4) is 0 Å². The summed E-state index contributed by atoms with van der Waals surface area (Å²) in [6.07, 6.45) is 4.66. The predicted octanol–water partition coefficient (Wildman–Crippen LogP) is 4.41. The van der Waals surface area contributed by atoms with Crippen molar-refractivity contribution in [3.8, 4) is 0 Å². The van der Waals surface area contributed by atoms with Crippen LogP contribution >= 0.6 is 11.8 Å². The van der Waals surface area contributed by atoms with Gasteiger partial charge in [0.05, 0.1) is 0 Å². The first kappa shape index (κ1) is 14.6. The monoisotopic (exact) mass is 298 g/mol. The summed E-state index contributed by atoms with van der Waals surface area (Å²) in [6.45, 7) is 7.38. The van der Waals surface area contributed by atoms with Crippen LogP contribution in [0.5, 0.6) is 0 Å². The minimum Gasteiger partial charge on any atom is -0.310 e. The summed E-state index contributed by atoms with van der Waals surface area (Å²) in [5, 5.41) is 4.65. The number of hydrogen-bond donors (Lipinski definition) is 1. The van der Waals surface area contributed by atoms with Gasteiger partial charge in [0, 0.05) is 23.7 Å². The summed E-state index contributed by atoms with van der Waals surface area (Å²) >= 11 is 1.77. The molecule has 0 bridgehead atoms. The van der Waals surface area contributed by atoms with Gasteiger partial charge in [-0.2, -0.15) is 0 Å². The maximum absolute atomic E-state index is 4.67. The van der Waals surface area contributed by atoms with E-state index in [0.29, 0.717) is 0 Å². The lowest BCUT2D eigenvalue weighted by molar-refractivity contribution is 0.684. The number of rotatable bonds is 5. The molecule has 2 nitrogen and oxygen atoms in total. The number of aryl methyl sites for hydroxylation is 3. The normalized spacial score (nSPS) is 14.4. The fourth-order valence-corrected chi connectivity index (χ4v) is 3.30. The Hall–Kier alpha value is -1.32. The van der Waals surface area contributed by atoms with E-state index < -0.39 is 0 Å². The molecule has 1 aliphatic carbocycles. The Labute approximate surface area is 131 Å². The summed E-state index contributed by atoms with van der Waals surface area (Å²) in [7, 11) is 0. The van der Waals surface area contributed by atoms with Crippen molar-refractivity contribution in [1.29, 1.82) is 0 Å². The Morgan fingerprint density at radius 3 is 2.67 bits per heavy atom. The molecule has 1 heterocycles. The fourth-order valence-electron chi connectivity index (χ4n) is 2.30. The van der Waals surface area contributed by atoms with E-state index in [-0.39, 0.29) is 0 Å². The van der Waals surface area contributed by atoms with Crippen LogP contribution in [0.15, 0.2) is 40.4 Å². The van der Waals surface area contributed by atoms with Crippen molar-refractivity contribution >= 4 is 11.8 Å². The molecule has 0 amide bonds. The highest BCUT2D eigenvalue weighted by atomic mass is 32.2. The first-order valence-corrected chi connectivity index (χ1v) is 8.37. The lowest BCUT2D eigenvalue weighted by atomic mass is 10.2. The third-order valence-corrected chi connectivity index (χ3v) is 5.09. The highest BCUT2D eigenvalue weighted by molar-refractivity contribution is 7.99. The van der Waals surface area contributed by atoms with Gasteiger partial charge in [0.1, 0.15) is 5.03 Å². The first-order chi connectivity index (χ1) is 10.1. The highest BCUT2D eigenvalue weighted by Gasteiger charge is 2.20. The lowest BCUT2D eigenvalue weighted by Gasteiger charge is -2.10. The van der Waals surface area contributed by atoms with Crippen LogP contribution in [0.1, 0.15) is 35.1 Å². The Morgan fingerprint density at radius 1 is 1.14 bits per heavy atom. The molecule has 0 unspecified atom stereocenters. The SMILES string of the molecule is Cc1ccc(C)c(Sc2ncc(CNC3CC3)cc2C)c1. The molecule has 3 heteroatoms. The van der Waals surface area contributed by atoms with Crippen molar-refractivity contribution in [3.63, 3.8) is 0 Å². The van der Waals surface area contributed by atoms with Crippen molar-refractivity contribution in [2.45, 2.75) is 56.1 Å². The van der Waals surface area contributed by atoms with E-state index in [1.807, 2.05) is 6.20 Å². The minimum atomic E-state index is 0.745. The molecule has 1 N–H and O–H groups in total. The molecule has 1 aromatic heterocycles. The van der Waals surface area contributed by atoms with Gasteiger partial charge in [-0.25, -0.2) is 4.98 Å². The van der Waals surface area contributed by atoms with Crippen LogP contribution in [0, 0.1) is 20.8 Å². The van der Waals surface area contributed by atoms with Crippen molar-refractivity contribution < 1.29 is 0 Å². The second kappa shape index (κ2) is 6.20. The third kappa shape index (κ3) is 3.86. The highest BCUT2D eigenvalue weighted by Crippen LogP contribution is 2.32. The van der Waals surface area contributed by atoms with Crippen LogP contribution in [-0.4, -0.2) is 11.0 Å². The Balaban J connectivity index is 1.74. The van der Waals surface area contributed by atoms with E-state index in [9.17, 15) is 0 Å². The molecule has 1 aromatic carbocycles. The van der Waals surface area contributed by atoms with Crippen molar-refractivity contribution in [2.75, 3.05) is 0 Å². The summed E-state index contributed by atoms with van der Waals surface area (Å²) in [5.74, 6) is 0. The quantitative estimate of drug-likeness (QED) is 0.885. The second-order valence-corrected chi connectivity index (χ2v) is 7.02. The molecular formula is C18H22N2S. The number of pyridine rings is 1. The largest absolute Gasteiger partial charge is 0.310 e. The molecule has 0 aliphatic heterocycles. The predicted molar refractivity (Wildman–Crippen MR) is 88.9 cm³/mol.